The first-order valence-electron chi connectivity index (χ1n) is 9.27. The van der Waals surface area contributed by atoms with Gasteiger partial charge in [0.2, 0.25) is 0 Å². The molecule has 29 heavy (non-hydrogen) atoms. The first-order chi connectivity index (χ1) is 13.7. The number of H-pyrrole nitrogens is 1. The van der Waals surface area contributed by atoms with E-state index in [2.05, 4.69) is 31.0 Å². The van der Waals surface area contributed by atoms with Gasteiger partial charge >= 0.3 is 6.03 Å². The predicted octanol–water partition coefficient (Wildman–Crippen LogP) is 0.958. The molecule has 1 aromatic heterocycles. The molecular formula is C18H23ClN6O3S. The molecular weight excluding hydrogens is 416 g/mol. The number of aromatic amines is 1. The quantitative estimate of drug-likeness (QED) is 0.475. The van der Waals surface area contributed by atoms with Gasteiger partial charge in [0.05, 0.1) is 11.7 Å². The Kier molecular flexibility index (Phi) is 4.96. The van der Waals surface area contributed by atoms with Crippen LogP contribution in [0.1, 0.15) is 12.8 Å². The minimum absolute atomic E-state index is 0.153. The molecule has 156 valence electrons. The molecule has 3 N–H and O–H groups in total. The van der Waals surface area contributed by atoms with Crippen LogP contribution in [0.4, 0.5) is 10.5 Å². The summed E-state index contributed by atoms with van der Waals surface area (Å²) in [5.41, 5.74) is 0.927. The number of amides is 3. The van der Waals surface area contributed by atoms with Crippen molar-refractivity contribution in [1.29, 1.82) is 0 Å². The topological polar surface area (TPSA) is 110 Å². The number of nitrogens with zero attached hydrogens (tertiary/aromatic N) is 3. The summed E-state index contributed by atoms with van der Waals surface area (Å²) in [6.45, 7) is 1.59. The van der Waals surface area contributed by atoms with Crippen molar-refractivity contribution in [3.05, 3.63) is 23.4 Å². The molecule has 1 spiro atoms. The number of hydrogen-bond donors (Lipinski definition) is 3. The average molecular weight is 439 g/mol. The van der Waals surface area contributed by atoms with Crippen LogP contribution in [0.5, 0.6) is 0 Å². The maximum absolute atomic E-state index is 13.0. The zero-order valence-electron chi connectivity index (χ0n) is 16.0. The fourth-order valence-corrected chi connectivity index (χ4v) is 4.72. The lowest BCUT2D eigenvalue weighted by Crippen LogP contribution is -2.55. The summed E-state index contributed by atoms with van der Waals surface area (Å²) < 4.78 is 14.4. The second-order valence-electron chi connectivity index (χ2n) is 7.61. The molecule has 3 heterocycles. The number of piperidine rings is 1. The predicted molar refractivity (Wildman–Crippen MR) is 115 cm³/mol. The van der Waals surface area contributed by atoms with E-state index in [1.165, 1.54) is 11.2 Å². The van der Waals surface area contributed by atoms with Crippen molar-refractivity contribution in [3.63, 3.8) is 0 Å². The van der Waals surface area contributed by atoms with Gasteiger partial charge in [-0.3, -0.25) is 19.0 Å². The Balaban J connectivity index is 1.46. The first-order valence-corrected chi connectivity index (χ1v) is 11.8. The van der Waals surface area contributed by atoms with E-state index in [0.717, 1.165) is 16.6 Å². The Bertz CT molecular complexity index is 1070. The second-order valence-corrected chi connectivity index (χ2v) is 10.3. The Hall–Kier alpha value is -2.30. The summed E-state index contributed by atoms with van der Waals surface area (Å²) in [5, 5.41) is 11.5. The van der Waals surface area contributed by atoms with Crippen LogP contribution in [0.25, 0.3) is 10.9 Å². The molecule has 0 saturated carbocycles. The number of anilines is 1. The summed E-state index contributed by atoms with van der Waals surface area (Å²) in [4.78, 5) is 28.7. The van der Waals surface area contributed by atoms with Crippen LogP contribution in [0.3, 0.4) is 0 Å². The molecule has 2 fully saturated rings. The number of urea groups is 1. The highest BCUT2D eigenvalue weighted by atomic mass is 35.5. The zero-order chi connectivity index (χ0) is 20.8. The number of carbonyl (C=O) groups excluding carboxylic acids is 2. The molecule has 0 radical (unpaired) electrons. The Morgan fingerprint density at radius 2 is 2.07 bits per heavy atom. The van der Waals surface area contributed by atoms with Crippen LogP contribution >= 0.6 is 11.6 Å². The van der Waals surface area contributed by atoms with E-state index in [-0.39, 0.29) is 19.0 Å². The molecule has 2 aromatic rings. The van der Waals surface area contributed by atoms with E-state index in [9.17, 15) is 13.8 Å². The number of rotatable bonds is 5. The molecule has 3 amide bonds. The monoisotopic (exact) mass is 438 g/mol. The van der Waals surface area contributed by atoms with Crippen LogP contribution in [-0.4, -0.2) is 75.1 Å². The molecule has 4 rings (SSSR count). The molecule has 2 aliphatic heterocycles. The third kappa shape index (κ3) is 3.79. The van der Waals surface area contributed by atoms with E-state index in [4.69, 9.17) is 11.6 Å². The van der Waals surface area contributed by atoms with Gasteiger partial charge in [0.15, 0.2) is 0 Å². The van der Waals surface area contributed by atoms with Gasteiger partial charge in [0.1, 0.15) is 5.54 Å². The molecule has 9 nitrogen and oxygen atoms in total. The highest BCUT2D eigenvalue weighted by Crippen LogP contribution is 2.35. The second kappa shape index (κ2) is 7.19. The molecule has 1 atom stereocenters. The number of carbonyl (C=O) groups is 2. The number of benzene rings is 1. The Morgan fingerprint density at radius 1 is 1.34 bits per heavy atom. The lowest BCUT2D eigenvalue weighted by Gasteiger charge is -2.38. The SMILES string of the molecule is C=S(C)(=O)NCCN1C(=O)NC2(CCN(c3cc(Cl)cc4[nH]ncc34)CC2)C1=O. The average Bonchev–Trinajstić information content (AvgIpc) is 3.19. The highest BCUT2D eigenvalue weighted by molar-refractivity contribution is 7.97. The Labute approximate surface area is 173 Å². The lowest BCUT2D eigenvalue weighted by atomic mass is 9.87. The Morgan fingerprint density at radius 3 is 2.76 bits per heavy atom. The summed E-state index contributed by atoms with van der Waals surface area (Å²) in [7, 11) is -2.38. The van der Waals surface area contributed by atoms with Crippen molar-refractivity contribution in [2.45, 2.75) is 18.4 Å². The van der Waals surface area contributed by atoms with Gasteiger partial charge in [-0.05, 0) is 30.8 Å². The fourth-order valence-electron chi connectivity index (χ4n) is 3.98. The van der Waals surface area contributed by atoms with Gasteiger partial charge < -0.3 is 10.2 Å². The van der Waals surface area contributed by atoms with Crippen molar-refractivity contribution in [1.82, 2.24) is 25.1 Å². The zero-order valence-corrected chi connectivity index (χ0v) is 17.6. The highest BCUT2D eigenvalue weighted by Gasteiger charge is 2.52. The van der Waals surface area contributed by atoms with E-state index in [1.54, 1.807) is 6.20 Å². The first kappa shape index (κ1) is 20.0. The number of nitrogens with one attached hydrogen (secondary N) is 3. The van der Waals surface area contributed by atoms with Crippen LogP contribution in [0, 0.1) is 0 Å². The van der Waals surface area contributed by atoms with Crippen LogP contribution in [0.15, 0.2) is 18.3 Å². The molecule has 2 saturated heterocycles. The largest absolute Gasteiger partial charge is 0.371 e. The number of halogens is 1. The molecule has 0 bridgehead atoms. The minimum atomic E-state index is -2.38. The summed E-state index contributed by atoms with van der Waals surface area (Å²) >= 11 is 6.24. The number of fused-ring (bicyclic) bond motifs is 1. The molecule has 1 unspecified atom stereocenters. The lowest BCUT2D eigenvalue weighted by molar-refractivity contribution is -0.131. The van der Waals surface area contributed by atoms with Gasteiger partial charge in [-0.15, -0.1) is 0 Å². The molecule has 1 aromatic carbocycles. The van der Waals surface area contributed by atoms with Crippen LogP contribution < -0.4 is 14.9 Å². The van der Waals surface area contributed by atoms with E-state index < -0.39 is 21.3 Å². The summed E-state index contributed by atoms with van der Waals surface area (Å²) in [5.74, 6) is 3.28. The number of aromatic nitrogens is 2. The van der Waals surface area contributed by atoms with Crippen molar-refractivity contribution in [2.24, 2.45) is 0 Å². The smallest absolute Gasteiger partial charge is 0.325 e. The maximum atomic E-state index is 13.0. The van der Waals surface area contributed by atoms with Gasteiger partial charge in [0.25, 0.3) is 5.91 Å². The van der Waals surface area contributed by atoms with Gasteiger partial charge in [0, 0.05) is 58.2 Å². The third-order valence-electron chi connectivity index (χ3n) is 5.45. The van der Waals surface area contributed by atoms with Crippen molar-refractivity contribution in [3.8, 4) is 0 Å². The summed E-state index contributed by atoms with van der Waals surface area (Å²) in [6, 6.07) is 3.31. The van der Waals surface area contributed by atoms with Gasteiger partial charge in [-0.1, -0.05) is 11.6 Å². The van der Waals surface area contributed by atoms with Crippen molar-refractivity contribution in [2.75, 3.05) is 37.3 Å². The molecule has 0 aliphatic carbocycles. The summed E-state index contributed by atoms with van der Waals surface area (Å²) in [6.07, 6.45) is 4.22. The normalized spacial score (nSPS) is 21.0. The van der Waals surface area contributed by atoms with E-state index in [0.29, 0.717) is 31.0 Å². The van der Waals surface area contributed by atoms with E-state index in [1.807, 2.05) is 12.1 Å². The van der Waals surface area contributed by atoms with E-state index >= 15 is 0 Å². The fraction of sp³-hybridized carbons (Fsp3) is 0.444. The maximum Gasteiger partial charge on any atom is 0.325 e. The number of hydrogen-bond acceptors (Lipinski definition) is 5. The molecule has 11 heteroatoms. The molecule has 2 aliphatic rings. The van der Waals surface area contributed by atoms with Crippen LogP contribution in [-0.2, 0) is 14.5 Å². The van der Waals surface area contributed by atoms with Crippen molar-refractivity contribution >= 4 is 55.7 Å². The standard InChI is InChI=1S/C18H23ClN6O3S/c1-29(2,28)21-5-8-25-16(26)18(22-17(25)27)3-6-24(7-4-18)15-10-12(19)9-14-13(15)11-20-23-14/h9-11H,1,3-8H2,2H3,(H,20,23)(H,21,28)(H,22,27). The number of imide groups is 1. The van der Waals surface area contributed by atoms with Gasteiger partial charge in [-0.25, -0.2) is 9.52 Å². The van der Waals surface area contributed by atoms with Crippen LogP contribution in [0.2, 0.25) is 5.02 Å². The minimum Gasteiger partial charge on any atom is -0.371 e. The van der Waals surface area contributed by atoms with Crippen molar-refractivity contribution < 1.29 is 13.8 Å². The van der Waals surface area contributed by atoms with Gasteiger partial charge in [-0.2, -0.15) is 5.10 Å². The third-order valence-corrected chi connectivity index (χ3v) is 6.48.